The number of ether oxygens (including phenoxy) is 2. The van der Waals surface area contributed by atoms with E-state index in [9.17, 15) is 0 Å². The molecule has 1 aromatic rings. The molecule has 21 heavy (non-hydrogen) atoms. The van der Waals surface area contributed by atoms with Crippen LogP contribution in [0.25, 0.3) is 0 Å². The summed E-state index contributed by atoms with van der Waals surface area (Å²) in [7, 11) is 0. The molecule has 3 nitrogen and oxygen atoms in total. The Balaban J connectivity index is 1.74. The molecule has 0 bridgehead atoms. The van der Waals surface area contributed by atoms with Crippen LogP contribution in [0, 0.1) is 11.3 Å². The minimum Gasteiger partial charge on any atom is -0.493 e. The van der Waals surface area contributed by atoms with Gasteiger partial charge in [-0.3, -0.25) is 0 Å². The van der Waals surface area contributed by atoms with Gasteiger partial charge in [-0.1, -0.05) is 39.0 Å². The summed E-state index contributed by atoms with van der Waals surface area (Å²) >= 11 is 0. The van der Waals surface area contributed by atoms with E-state index in [0.29, 0.717) is 24.1 Å². The minimum atomic E-state index is 0.197. The monoisotopic (exact) mass is 289 g/mol. The average molecular weight is 289 g/mol. The van der Waals surface area contributed by atoms with E-state index in [1.165, 1.54) is 5.56 Å². The molecule has 116 valence electrons. The molecule has 0 saturated heterocycles. The van der Waals surface area contributed by atoms with E-state index < -0.39 is 0 Å². The van der Waals surface area contributed by atoms with Gasteiger partial charge in [0, 0.05) is 35.6 Å². The lowest BCUT2D eigenvalue weighted by Gasteiger charge is -2.53. The molecular formula is C18H27NO2. The van der Waals surface area contributed by atoms with Crippen molar-refractivity contribution in [2.75, 3.05) is 13.2 Å². The summed E-state index contributed by atoms with van der Waals surface area (Å²) in [4.78, 5) is 0. The number of benzene rings is 1. The average Bonchev–Trinajstić information content (AvgIpc) is 2.48. The van der Waals surface area contributed by atoms with E-state index in [1.807, 2.05) is 6.07 Å². The summed E-state index contributed by atoms with van der Waals surface area (Å²) in [6.07, 6.45) is 1.48. The van der Waals surface area contributed by atoms with Gasteiger partial charge in [0.15, 0.2) is 0 Å². The first kappa shape index (κ1) is 14.9. The number of nitrogens with one attached hydrogen (secondary N) is 1. The smallest absolute Gasteiger partial charge is 0.124 e. The van der Waals surface area contributed by atoms with Crippen molar-refractivity contribution in [1.82, 2.24) is 5.32 Å². The van der Waals surface area contributed by atoms with Gasteiger partial charge < -0.3 is 14.8 Å². The molecule has 4 unspecified atom stereocenters. The number of para-hydroxylation sites is 1. The van der Waals surface area contributed by atoms with E-state index >= 15 is 0 Å². The van der Waals surface area contributed by atoms with Crippen LogP contribution < -0.4 is 10.1 Å². The van der Waals surface area contributed by atoms with Crippen LogP contribution in [0.15, 0.2) is 24.3 Å². The Kier molecular flexibility index (Phi) is 3.98. The molecule has 1 fully saturated rings. The SMILES string of the molecule is CCOC1CC(NC2c3ccccc3OCC2C)C1(C)C. The van der Waals surface area contributed by atoms with Crippen LogP contribution in [0.2, 0.25) is 0 Å². The number of hydrogen-bond acceptors (Lipinski definition) is 3. The lowest BCUT2D eigenvalue weighted by Crippen LogP contribution is -2.62. The van der Waals surface area contributed by atoms with Crippen molar-refractivity contribution in [3.05, 3.63) is 29.8 Å². The van der Waals surface area contributed by atoms with Crippen molar-refractivity contribution in [1.29, 1.82) is 0 Å². The Morgan fingerprint density at radius 1 is 1.33 bits per heavy atom. The summed E-state index contributed by atoms with van der Waals surface area (Å²) in [5.41, 5.74) is 1.50. The maximum atomic E-state index is 5.85. The van der Waals surface area contributed by atoms with E-state index in [0.717, 1.165) is 25.4 Å². The predicted octanol–water partition coefficient (Wildman–Crippen LogP) is 3.55. The van der Waals surface area contributed by atoms with Crippen LogP contribution in [0.3, 0.4) is 0 Å². The van der Waals surface area contributed by atoms with Gasteiger partial charge >= 0.3 is 0 Å². The van der Waals surface area contributed by atoms with Crippen molar-refractivity contribution in [3.8, 4) is 5.75 Å². The first-order valence-electron chi connectivity index (χ1n) is 8.13. The quantitative estimate of drug-likeness (QED) is 0.919. The Bertz CT molecular complexity index is 500. The molecule has 0 amide bonds. The zero-order chi connectivity index (χ0) is 15.0. The van der Waals surface area contributed by atoms with Crippen LogP contribution in [0.1, 0.15) is 45.7 Å². The van der Waals surface area contributed by atoms with Crippen LogP contribution in [0.4, 0.5) is 0 Å². The summed E-state index contributed by atoms with van der Waals surface area (Å²) in [5.74, 6) is 1.52. The molecule has 0 radical (unpaired) electrons. The first-order chi connectivity index (χ1) is 10.0. The fraction of sp³-hybridized carbons (Fsp3) is 0.667. The fourth-order valence-electron chi connectivity index (χ4n) is 3.62. The van der Waals surface area contributed by atoms with Crippen molar-refractivity contribution < 1.29 is 9.47 Å². The normalized spacial score (nSPS) is 33.7. The second kappa shape index (κ2) is 5.62. The van der Waals surface area contributed by atoms with Gasteiger partial charge in [-0.2, -0.15) is 0 Å². The molecule has 1 aromatic carbocycles. The zero-order valence-corrected chi connectivity index (χ0v) is 13.6. The number of hydrogen-bond donors (Lipinski definition) is 1. The number of rotatable bonds is 4. The third kappa shape index (κ3) is 2.58. The molecule has 0 aromatic heterocycles. The Morgan fingerprint density at radius 2 is 2.10 bits per heavy atom. The van der Waals surface area contributed by atoms with Crippen molar-refractivity contribution in [2.24, 2.45) is 11.3 Å². The molecule has 0 spiro atoms. The van der Waals surface area contributed by atoms with E-state index in [-0.39, 0.29) is 5.41 Å². The second-order valence-corrected chi connectivity index (χ2v) is 7.02. The molecule has 4 atom stereocenters. The van der Waals surface area contributed by atoms with Gasteiger partial charge in [0.05, 0.1) is 12.7 Å². The van der Waals surface area contributed by atoms with E-state index in [1.54, 1.807) is 0 Å². The van der Waals surface area contributed by atoms with E-state index in [2.05, 4.69) is 51.2 Å². The van der Waals surface area contributed by atoms with Gasteiger partial charge in [-0.15, -0.1) is 0 Å². The molecule has 1 N–H and O–H groups in total. The Morgan fingerprint density at radius 3 is 2.81 bits per heavy atom. The van der Waals surface area contributed by atoms with E-state index in [4.69, 9.17) is 9.47 Å². The minimum absolute atomic E-state index is 0.197. The van der Waals surface area contributed by atoms with Gasteiger partial charge in [0.1, 0.15) is 5.75 Å². The summed E-state index contributed by atoms with van der Waals surface area (Å²) in [6, 6.07) is 9.29. The third-order valence-corrected chi connectivity index (χ3v) is 5.25. The highest BCUT2D eigenvalue weighted by atomic mass is 16.5. The number of fused-ring (bicyclic) bond motifs is 1. The van der Waals surface area contributed by atoms with Gasteiger partial charge in [0.2, 0.25) is 0 Å². The van der Waals surface area contributed by atoms with Crippen molar-refractivity contribution in [3.63, 3.8) is 0 Å². The first-order valence-corrected chi connectivity index (χ1v) is 8.13. The lowest BCUT2D eigenvalue weighted by molar-refractivity contribution is -0.118. The molecule has 1 aliphatic carbocycles. The van der Waals surface area contributed by atoms with Crippen LogP contribution in [-0.4, -0.2) is 25.4 Å². The van der Waals surface area contributed by atoms with Crippen LogP contribution >= 0.6 is 0 Å². The van der Waals surface area contributed by atoms with Gasteiger partial charge in [-0.25, -0.2) is 0 Å². The maximum absolute atomic E-state index is 5.85. The molecular weight excluding hydrogens is 262 g/mol. The highest BCUT2D eigenvalue weighted by Gasteiger charge is 2.50. The van der Waals surface area contributed by atoms with Crippen molar-refractivity contribution >= 4 is 0 Å². The van der Waals surface area contributed by atoms with Crippen molar-refractivity contribution in [2.45, 2.75) is 52.3 Å². The molecule has 2 aliphatic rings. The summed E-state index contributed by atoms with van der Waals surface area (Å²) < 4.78 is 11.7. The molecule has 3 heteroatoms. The molecule has 3 rings (SSSR count). The Hall–Kier alpha value is -1.06. The standard InChI is InChI=1S/C18H27NO2/c1-5-20-16-10-15(18(16,3)4)19-17-12(2)11-21-14-9-7-6-8-13(14)17/h6-9,12,15-17,19H,5,10-11H2,1-4H3. The maximum Gasteiger partial charge on any atom is 0.124 e. The predicted molar refractivity (Wildman–Crippen MR) is 84.6 cm³/mol. The van der Waals surface area contributed by atoms with Crippen LogP contribution in [0.5, 0.6) is 5.75 Å². The van der Waals surface area contributed by atoms with Gasteiger partial charge in [0.25, 0.3) is 0 Å². The lowest BCUT2D eigenvalue weighted by atomic mass is 9.64. The van der Waals surface area contributed by atoms with Gasteiger partial charge in [-0.05, 0) is 19.4 Å². The molecule has 1 saturated carbocycles. The Labute approximate surface area is 128 Å². The highest BCUT2D eigenvalue weighted by molar-refractivity contribution is 5.38. The molecule has 1 aliphatic heterocycles. The summed E-state index contributed by atoms with van der Waals surface area (Å²) in [5, 5.41) is 3.88. The fourth-order valence-corrected chi connectivity index (χ4v) is 3.62. The second-order valence-electron chi connectivity index (χ2n) is 7.02. The third-order valence-electron chi connectivity index (χ3n) is 5.25. The molecule has 1 heterocycles. The zero-order valence-electron chi connectivity index (χ0n) is 13.6. The van der Waals surface area contributed by atoms with Crippen LogP contribution in [-0.2, 0) is 4.74 Å². The topological polar surface area (TPSA) is 30.5 Å². The summed E-state index contributed by atoms with van der Waals surface area (Å²) in [6.45, 7) is 10.6. The highest BCUT2D eigenvalue weighted by Crippen LogP contribution is 2.45. The largest absolute Gasteiger partial charge is 0.493 e.